The Hall–Kier alpha value is -2.40. The van der Waals surface area contributed by atoms with E-state index in [9.17, 15) is 9.59 Å². The topological polar surface area (TPSA) is 59.3 Å². The SMILES string of the molecule is CC(C)(C)c1ccc2oc(=O)cc(CNC(=O)c3ccc(Br)cc3)c2c1. The molecule has 0 fully saturated rings. The maximum absolute atomic E-state index is 12.3. The van der Waals surface area contributed by atoms with E-state index in [1.54, 1.807) is 12.1 Å². The molecule has 0 aliphatic carbocycles. The minimum Gasteiger partial charge on any atom is -0.423 e. The lowest BCUT2D eigenvalue weighted by atomic mass is 9.86. The molecule has 2 aromatic carbocycles. The third-order valence-corrected chi connectivity index (χ3v) is 4.77. The first-order chi connectivity index (χ1) is 12.2. The van der Waals surface area contributed by atoms with Gasteiger partial charge in [-0.05, 0) is 52.9 Å². The van der Waals surface area contributed by atoms with Crippen LogP contribution in [-0.4, -0.2) is 5.91 Å². The van der Waals surface area contributed by atoms with E-state index >= 15 is 0 Å². The van der Waals surface area contributed by atoms with E-state index in [0.717, 1.165) is 21.0 Å². The summed E-state index contributed by atoms with van der Waals surface area (Å²) in [6.07, 6.45) is 0. The Kier molecular flexibility index (Phi) is 5.01. The van der Waals surface area contributed by atoms with E-state index in [1.807, 2.05) is 30.3 Å². The first-order valence-electron chi connectivity index (χ1n) is 8.35. The monoisotopic (exact) mass is 413 g/mol. The van der Waals surface area contributed by atoms with Crippen LogP contribution in [0.3, 0.4) is 0 Å². The highest BCUT2D eigenvalue weighted by Gasteiger charge is 2.16. The molecule has 0 unspecified atom stereocenters. The molecule has 0 saturated carbocycles. The molecule has 26 heavy (non-hydrogen) atoms. The Bertz CT molecular complexity index is 1010. The highest BCUT2D eigenvalue weighted by Crippen LogP contribution is 2.27. The van der Waals surface area contributed by atoms with Crippen LogP contribution in [0.5, 0.6) is 0 Å². The number of rotatable bonds is 3. The van der Waals surface area contributed by atoms with Gasteiger partial charge in [-0.25, -0.2) is 4.79 Å². The Morgan fingerprint density at radius 1 is 1.08 bits per heavy atom. The number of hydrogen-bond donors (Lipinski definition) is 1. The maximum Gasteiger partial charge on any atom is 0.336 e. The molecule has 1 heterocycles. The summed E-state index contributed by atoms with van der Waals surface area (Å²) in [6.45, 7) is 6.64. The molecule has 4 nitrogen and oxygen atoms in total. The second-order valence-electron chi connectivity index (χ2n) is 7.24. The summed E-state index contributed by atoms with van der Waals surface area (Å²) in [4.78, 5) is 24.2. The molecule has 0 saturated heterocycles. The third-order valence-electron chi connectivity index (χ3n) is 4.24. The molecule has 0 aliphatic heterocycles. The highest BCUT2D eigenvalue weighted by molar-refractivity contribution is 9.10. The van der Waals surface area contributed by atoms with E-state index < -0.39 is 5.63 Å². The fraction of sp³-hybridized carbons (Fsp3) is 0.238. The molecule has 3 aromatic rings. The quantitative estimate of drug-likeness (QED) is 0.628. The third kappa shape index (κ3) is 4.05. The zero-order chi connectivity index (χ0) is 18.9. The fourth-order valence-electron chi connectivity index (χ4n) is 2.72. The van der Waals surface area contributed by atoms with Crippen molar-refractivity contribution in [3.8, 4) is 0 Å². The van der Waals surface area contributed by atoms with Gasteiger partial charge in [-0.3, -0.25) is 4.79 Å². The van der Waals surface area contributed by atoms with Crippen molar-refractivity contribution in [1.82, 2.24) is 5.32 Å². The van der Waals surface area contributed by atoms with Crippen LogP contribution in [0.15, 0.2) is 62.2 Å². The molecule has 0 bridgehead atoms. The molecule has 0 aliphatic rings. The van der Waals surface area contributed by atoms with Crippen LogP contribution in [-0.2, 0) is 12.0 Å². The van der Waals surface area contributed by atoms with Gasteiger partial charge in [0.15, 0.2) is 0 Å². The number of halogens is 1. The number of hydrogen-bond acceptors (Lipinski definition) is 3. The van der Waals surface area contributed by atoms with Gasteiger partial charge in [0, 0.05) is 28.0 Å². The van der Waals surface area contributed by atoms with Crippen molar-refractivity contribution in [3.05, 3.63) is 80.1 Å². The summed E-state index contributed by atoms with van der Waals surface area (Å²) in [5, 5.41) is 3.72. The lowest BCUT2D eigenvalue weighted by Gasteiger charge is -2.19. The maximum atomic E-state index is 12.3. The summed E-state index contributed by atoms with van der Waals surface area (Å²) in [6, 6.07) is 14.4. The molecular weight excluding hydrogens is 394 g/mol. The summed E-state index contributed by atoms with van der Waals surface area (Å²) < 4.78 is 6.21. The number of nitrogens with one attached hydrogen (secondary N) is 1. The second kappa shape index (κ2) is 7.08. The Morgan fingerprint density at radius 3 is 2.42 bits per heavy atom. The summed E-state index contributed by atoms with van der Waals surface area (Å²) in [5.41, 5.74) is 2.53. The van der Waals surface area contributed by atoms with Crippen LogP contribution >= 0.6 is 15.9 Å². The fourth-order valence-corrected chi connectivity index (χ4v) is 2.98. The Balaban J connectivity index is 1.92. The summed E-state index contributed by atoms with van der Waals surface area (Å²) in [7, 11) is 0. The molecule has 5 heteroatoms. The first-order valence-corrected chi connectivity index (χ1v) is 9.14. The smallest absolute Gasteiger partial charge is 0.336 e. The molecule has 1 aromatic heterocycles. The standard InChI is InChI=1S/C21H20BrNO3/c1-21(2,3)15-6-9-18-17(11-15)14(10-19(24)26-18)12-23-20(25)13-4-7-16(22)8-5-13/h4-11H,12H2,1-3H3,(H,23,25). The number of carbonyl (C=O) groups is 1. The van der Waals surface area contributed by atoms with Gasteiger partial charge in [-0.2, -0.15) is 0 Å². The van der Waals surface area contributed by atoms with Crippen LogP contribution in [0, 0.1) is 0 Å². The number of fused-ring (bicyclic) bond motifs is 1. The average Bonchev–Trinajstić information content (AvgIpc) is 2.58. The predicted octanol–water partition coefficient (Wildman–Crippen LogP) is 4.78. The Morgan fingerprint density at radius 2 is 1.77 bits per heavy atom. The van der Waals surface area contributed by atoms with Crippen LogP contribution in [0.4, 0.5) is 0 Å². The lowest BCUT2D eigenvalue weighted by Crippen LogP contribution is -2.23. The molecule has 1 amide bonds. The molecule has 134 valence electrons. The second-order valence-corrected chi connectivity index (χ2v) is 8.16. The van der Waals surface area contributed by atoms with Crippen molar-refractivity contribution >= 4 is 32.8 Å². The van der Waals surface area contributed by atoms with Gasteiger partial charge in [0.2, 0.25) is 0 Å². The predicted molar refractivity (Wildman–Crippen MR) is 106 cm³/mol. The van der Waals surface area contributed by atoms with Gasteiger partial charge in [-0.15, -0.1) is 0 Å². The molecule has 1 N–H and O–H groups in total. The largest absolute Gasteiger partial charge is 0.423 e. The van der Waals surface area contributed by atoms with E-state index in [4.69, 9.17) is 4.42 Å². The zero-order valence-corrected chi connectivity index (χ0v) is 16.5. The van der Waals surface area contributed by atoms with Gasteiger partial charge < -0.3 is 9.73 Å². The molecule has 0 radical (unpaired) electrons. The van der Waals surface area contributed by atoms with E-state index in [2.05, 4.69) is 42.0 Å². The van der Waals surface area contributed by atoms with Gasteiger partial charge in [-0.1, -0.05) is 42.8 Å². The summed E-state index contributed by atoms with van der Waals surface area (Å²) in [5.74, 6) is -0.189. The summed E-state index contributed by atoms with van der Waals surface area (Å²) >= 11 is 3.35. The van der Waals surface area contributed by atoms with Gasteiger partial charge >= 0.3 is 5.63 Å². The van der Waals surface area contributed by atoms with Gasteiger partial charge in [0.25, 0.3) is 5.91 Å². The zero-order valence-electron chi connectivity index (χ0n) is 14.9. The molecule has 3 rings (SSSR count). The number of amides is 1. The van der Waals surface area contributed by atoms with E-state index in [1.165, 1.54) is 6.07 Å². The van der Waals surface area contributed by atoms with Crippen molar-refractivity contribution in [1.29, 1.82) is 0 Å². The normalized spacial score (nSPS) is 11.5. The van der Waals surface area contributed by atoms with Crippen LogP contribution in [0.25, 0.3) is 11.0 Å². The van der Waals surface area contributed by atoms with E-state index in [0.29, 0.717) is 11.1 Å². The Labute approximate surface area is 160 Å². The first kappa shape index (κ1) is 18.4. The minimum atomic E-state index is -0.422. The number of carbonyl (C=O) groups excluding carboxylic acids is 1. The van der Waals surface area contributed by atoms with E-state index in [-0.39, 0.29) is 17.9 Å². The van der Waals surface area contributed by atoms with Crippen molar-refractivity contribution in [3.63, 3.8) is 0 Å². The van der Waals surface area contributed by atoms with Crippen molar-refractivity contribution < 1.29 is 9.21 Å². The van der Waals surface area contributed by atoms with Gasteiger partial charge in [0.05, 0.1) is 0 Å². The lowest BCUT2D eigenvalue weighted by molar-refractivity contribution is 0.0951. The highest BCUT2D eigenvalue weighted by atomic mass is 79.9. The van der Waals surface area contributed by atoms with Crippen LogP contribution in [0.2, 0.25) is 0 Å². The van der Waals surface area contributed by atoms with Crippen molar-refractivity contribution in [2.75, 3.05) is 0 Å². The van der Waals surface area contributed by atoms with Gasteiger partial charge in [0.1, 0.15) is 5.58 Å². The average molecular weight is 414 g/mol. The molecule has 0 atom stereocenters. The number of benzene rings is 2. The van der Waals surface area contributed by atoms with Crippen LogP contribution in [0.1, 0.15) is 42.3 Å². The van der Waals surface area contributed by atoms with Crippen molar-refractivity contribution in [2.45, 2.75) is 32.7 Å². The molecule has 0 spiro atoms. The van der Waals surface area contributed by atoms with Crippen LogP contribution < -0.4 is 10.9 Å². The molecular formula is C21H20BrNO3. The minimum absolute atomic E-state index is 0.0255. The van der Waals surface area contributed by atoms with Crippen molar-refractivity contribution in [2.24, 2.45) is 0 Å².